The molecule has 2 aliphatic rings. The van der Waals surface area contributed by atoms with Gasteiger partial charge in [-0.2, -0.15) is 9.49 Å². The zero-order valence-corrected chi connectivity index (χ0v) is 23.7. The number of anilines is 1. The first-order valence-electron chi connectivity index (χ1n) is 14.2. The van der Waals surface area contributed by atoms with Crippen LogP contribution in [0.4, 0.5) is 14.6 Å². The Labute approximate surface area is 254 Å². The van der Waals surface area contributed by atoms with Crippen LogP contribution in [0, 0.1) is 11.8 Å². The van der Waals surface area contributed by atoms with Crippen molar-refractivity contribution < 1.29 is 22.9 Å². The maximum atomic E-state index is 13.8. The molecule has 0 bridgehead atoms. The van der Waals surface area contributed by atoms with Gasteiger partial charge in [0.15, 0.2) is 11.5 Å². The van der Waals surface area contributed by atoms with Gasteiger partial charge in [-0.25, -0.2) is 24.0 Å². The van der Waals surface area contributed by atoms with E-state index in [1.807, 2.05) is 12.2 Å². The predicted molar refractivity (Wildman–Crippen MR) is 157 cm³/mol. The number of halogens is 2. The second-order valence-electron chi connectivity index (χ2n) is 10.6. The van der Waals surface area contributed by atoms with E-state index in [1.165, 1.54) is 30.7 Å². The fraction of sp³-hybridized carbons (Fsp3) is 0.194. The molecule has 1 fully saturated rings. The Hall–Kier alpha value is -5.79. The number of rotatable bonds is 6. The van der Waals surface area contributed by atoms with E-state index in [0.29, 0.717) is 55.1 Å². The number of carbonyl (C=O) groups is 2. The van der Waals surface area contributed by atoms with Gasteiger partial charge >= 0.3 is 0 Å². The van der Waals surface area contributed by atoms with Gasteiger partial charge in [-0.05, 0) is 49.2 Å². The third-order valence-electron chi connectivity index (χ3n) is 7.74. The van der Waals surface area contributed by atoms with Crippen molar-refractivity contribution in [2.45, 2.75) is 25.3 Å². The van der Waals surface area contributed by atoms with Gasteiger partial charge in [0.25, 0.3) is 11.8 Å². The van der Waals surface area contributed by atoms with Crippen LogP contribution >= 0.6 is 0 Å². The Kier molecular flexibility index (Phi) is 7.29. The van der Waals surface area contributed by atoms with Crippen molar-refractivity contribution in [3.8, 4) is 11.3 Å². The molecule has 0 atom stereocenters. The highest BCUT2D eigenvalue weighted by Crippen LogP contribution is 2.31. The molecule has 1 saturated heterocycles. The van der Waals surface area contributed by atoms with Crippen molar-refractivity contribution in [2.75, 3.05) is 18.4 Å². The number of carbonyl (C=O) groups excluding carboxylic acids is 2. The number of imidazole rings is 2. The first kappa shape index (κ1) is 28.0. The molecule has 14 heteroatoms. The second kappa shape index (κ2) is 11.7. The zero-order chi connectivity index (χ0) is 30.9. The van der Waals surface area contributed by atoms with Crippen molar-refractivity contribution >= 4 is 23.3 Å². The summed E-state index contributed by atoms with van der Waals surface area (Å²) < 4.78 is 35.9. The van der Waals surface area contributed by atoms with Crippen molar-refractivity contribution in [2.24, 2.45) is 5.10 Å². The molecule has 5 aromatic rings. The van der Waals surface area contributed by atoms with Gasteiger partial charge in [0.05, 0.1) is 23.9 Å². The smallest absolute Gasteiger partial charge is 0.276 e. The van der Waals surface area contributed by atoms with Crippen LogP contribution in [-0.2, 0) is 6.42 Å². The van der Waals surface area contributed by atoms with Crippen LogP contribution in [0.2, 0.25) is 0 Å². The van der Waals surface area contributed by atoms with E-state index < -0.39 is 11.9 Å². The normalized spacial score (nSPS) is 15.0. The molecule has 45 heavy (non-hydrogen) atoms. The number of fused-ring (bicyclic) bond motifs is 1. The van der Waals surface area contributed by atoms with Crippen LogP contribution in [-0.4, -0.2) is 64.9 Å². The van der Waals surface area contributed by atoms with Crippen LogP contribution in [0.5, 0.6) is 0 Å². The fourth-order valence-corrected chi connectivity index (χ4v) is 5.52. The highest BCUT2D eigenvalue weighted by molar-refractivity contribution is 6.11. The van der Waals surface area contributed by atoms with Crippen molar-refractivity contribution in [3.63, 3.8) is 0 Å². The van der Waals surface area contributed by atoms with Gasteiger partial charge in [-0.15, -0.1) is 0 Å². The molecular formula is C31H25F2N9O3. The molecule has 2 aliphatic heterocycles. The molecule has 1 N–H and O–H groups in total. The summed E-state index contributed by atoms with van der Waals surface area (Å²) in [7, 11) is 0. The number of allylic oxidation sites excluding steroid dienone is 2. The maximum absolute atomic E-state index is 13.8. The second-order valence-corrected chi connectivity index (χ2v) is 10.6. The number of likely N-dealkylation sites (tertiary alicyclic amines) is 1. The quantitative estimate of drug-likeness (QED) is 0.280. The van der Waals surface area contributed by atoms with E-state index in [2.05, 4.69) is 25.0 Å². The summed E-state index contributed by atoms with van der Waals surface area (Å²) in [5.74, 6) is -1.00. The van der Waals surface area contributed by atoms with Gasteiger partial charge in [0.2, 0.25) is 5.95 Å². The van der Waals surface area contributed by atoms with Crippen LogP contribution in [0.1, 0.15) is 51.2 Å². The Bertz CT molecular complexity index is 1940. The first-order valence-corrected chi connectivity index (χ1v) is 14.2. The number of aromatic nitrogens is 6. The number of hydrogen-bond acceptors (Lipinski definition) is 8. The van der Waals surface area contributed by atoms with Crippen molar-refractivity contribution in [1.29, 1.82) is 0 Å². The number of benzene rings is 1. The molecular weight excluding hydrogens is 584 g/mol. The van der Waals surface area contributed by atoms with Gasteiger partial charge in [-0.1, -0.05) is 11.2 Å². The molecule has 0 spiro atoms. The minimum absolute atomic E-state index is 0.000254. The lowest BCUT2D eigenvalue weighted by Crippen LogP contribution is -2.39. The average molecular weight is 610 g/mol. The molecule has 6 heterocycles. The van der Waals surface area contributed by atoms with E-state index in [0.717, 1.165) is 11.8 Å². The monoisotopic (exact) mass is 609 g/mol. The van der Waals surface area contributed by atoms with Crippen LogP contribution in [0.25, 0.3) is 11.3 Å². The maximum Gasteiger partial charge on any atom is 0.276 e. The van der Waals surface area contributed by atoms with Crippen LogP contribution in [0.3, 0.4) is 0 Å². The van der Waals surface area contributed by atoms with Gasteiger partial charge in [0, 0.05) is 55.0 Å². The van der Waals surface area contributed by atoms with E-state index in [1.54, 1.807) is 40.3 Å². The number of hydrogen-bond donors (Lipinski definition) is 1. The van der Waals surface area contributed by atoms with E-state index in [-0.39, 0.29) is 34.8 Å². The average Bonchev–Trinajstić information content (AvgIpc) is 3.80. The summed E-state index contributed by atoms with van der Waals surface area (Å²) in [4.78, 5) is 40.0. The fourth-order valence-electron chi connectivity index (χ4n) is 5.52. The third-order valence-corrected chi connectivity index (χ3v) is 7.74. The molecule has 2 amide bonds. The standard InChI is InChI=1S/C31H25F2N9O3/c32-21-6-4-19(5-7-21)28-29(41(18-35-28)22-9-13-40(14-10-22)31(44)24-11-15-45-39-24)23-2-1-3-27-36-26(17-42(27)38-23)37-30(43)20-8-12-34-25(33)16-20/h1-2,4-8,11-12,15-18,22H,3,9-10,13-14H2,(H,37,43). The SMILES string of the molecule is O=C(Nc1cn2c(n1)CC=CC(c1c(-c3ccc(F)cc3)ncn1C1CCN(C(=O)c3ccon3)CC1)=N2)c1ccnc(F)c1. The lowest BCUT2D eigenvalue weighted by molar-refractivity contribution is 0.0684. The third kappa shape index (κ3) is 5.64. The molecule has 1 aromatic carbocycles. The minimum Gasteiger partial charge on any atom is -0.364 e. The minimum atomic E-state index is -0.761. The van der Waals surface area contributed by atoms with Crippen LogP contribution in [0.15, 0.2) is 89.2 Å². The van der Waals surface area contributed by atoms with Crippen LogP contribution < -0.4 is 5.32 Å². The van der Waals surface area contributed by atoms with Gasteiger partial charge < -0.3 is 19.3 Å². The number of nitrogens with zero attached hydrogens (tertiary/aromatic N) is 8. The molecule has 226 valence electrons. The summed E-state index contributed by atoms with van der Waals surface area (Å²) in [6, 6.07) is 10.1. The highest BCUT2D eigenvalue weighted by Gasteiger charge is 2.29. The Morgan fingerprint density at radius 1 is 1.02 bits per heavy atom. The number of pyridine rings is 1. The number of piperidine rings is 1. The predicted octanol–water partition coefficient (Wildman–Crippen LogP) is 4.50. The van der Waals surface area contributed by atoms with E-state index in [4.69, 9.17) is 14.6 Å². The summed E-state index contributed by atoms with van der Waals surface area (Å²) in [5.41, 5.74) is 3.02. The Balaban J connectivity index is 1.20. The topological polar surface area (TPSA) is 136 Å². The van der Waals surface area contributed by atoms with Crippen molar-refractivity contribution in [1.82, 2.24) is 34.3 Å². The molecule has 0 saturated carbocycles. The first-order chi connectivity index (χ1) is 21.9. The van der Waals surface area contributed by atoms with Crippen molar-refractivity contribution in [3.05, 3.63) is 114 Å². The summed E-state index contributed by atoms with van der Waals surface area (Å²) in [6.45, 7) is 1.02. The zero-order valence-electron chi connectivity index (χ0n) is 23.7. The molecule has 7 rings (SSSR count). The summed E-state index contributed by atoms with van der Waals surface area (Å²) >= 11 is 0. The largest absolute Gasteiger partial charge is 0.364 e. The lowest BCUT2D eigenvalue weighted by Gasteiger charge is -2.33. The van der Waals surface area contributed by atoms with E-state index in [9.17, 15) is 18.4 Å². The highest BCUT2D eigenvalue weighted by atomic mass is 19.1. The van der Waals surface area contributed by atoms with Gasteiger partial charge in [-0.3, -0.25) is 9.59 Å². The number of nitrogens with one attached hydrogen (secondary N) is 1. The summed E-state index contributed by atoms with van der Waals surface area (Å²) in [5, 5.41) is 11.3. The molecule has 0 aliphatic carbocycles. The van der Waals surface area contributed by atoms with Gasteiger partial charge in [0.1, 0.15) is 23.6 Å². The molecule has 0 unspecified atom stereocenters. The lowest BCUT2D eigenvalue weighted by atomic mass is 10.0. The molecule has 12 nitrogen and oxygen atoms in total. The summed E-state index contributed by atoms with van der Waals surface area (Å²) in [6.07, 6.45) is 11.5. The van der Waals surface area contributed by atoms with E-state index >= 15 is 0 Å². The molecule has 4 aromatic heterocycles. The Morgan fingerprint density at radius 3 is 2.60 bits per heavy atom. The Morgan fingerprint density at radius 2 is 1.84 bits per heavy atom. The number of amides is 2. The molecule has 0 radical (unpaired) electrons.